The standard InChI is InChI=1S/C15H18F3N3O2/c1-3-13-19-14(4-2)21(20-13)9-12(22)10-5-7-11(8-6-10)23-15(16,17)18/h5-8,12,22H,3-4,9H2,1-2H3. The molecule has 0 amide bonds. The van der Waals surface area contributed by atoms with Crippen molar-refractivity contribution in [2.24, 2.45) is 0 Å². The third-order valence-corrected chi connectivity index (χ3v) is 3.27. The highest BCUT2D eigenvalue weighted by Crippen LogP contribution is 2.25. The maximum absolute atomic E-state index is 12.1. The molecule has 0 spiro atoms. The van der Waals surface area contributed by atoms with Crippen LogP contribution in [0.4, 0.5) is 13.2 Å². The Morgan fingerprint density at radius 2 is 1.83 bits per heavy atom. The summed E-state index contributed by atoms with van der Waals surface area (Å²) in [5, 5.41) is 14.6. The summed E-state index contributed by atoms with van der Waals surface area (Å²) in [6.07, 6.45) is -4.25. The molecular weight excluding hydrogens is 311 g/mol. The van der Waals surface area contributed by atoms with Crippen molar-refractivity contribution in [2.75, 3.05) is 0 Å². The van der Waals surface area contributed by atoms with Crippen LogP contribution in [-0.4, -0.2) is 26.2 Å². The lowest BCUT2D eigenvalue weighted by atomic mass is 10.1. The van der Waals surface area contributed by atoms with Gasteiger partial charge in [-0.2, -0.15) is 5.10 Å². The van der Waals surface area contributed by atoms with E-state index in [0.29, 0.717) is 24.2 Å². The number of hydrogen-bond donors (Lipinski definition) is 1. The van der Waals surface area contributed by atoms with Crippen molar-refractivity contribution in [1.82, 2.24) is 14.8 Å². The molecule has 1 aromatic heterocycles. The topological polar surface area (TPSA) is 60.2 Å². The predicted octanol–water partition coefficient (Wildman–Crippen LogP) is 3.04. The molecule has 1 heterocycles. The van der Waals surface area contributed by atoms with Gasteiger partial charge < -0.3 is 9.84 Å². The summed E-state index contributed by atoms with van der Waals surface area (Å²) in [6, 6.07) is 5.14. The second kappa shape index (κ2) is 6.99. The number of benzene rings is 1. The molecule has 0 saturated carbocycles. The Morgan fingerprint density at radius 1 is 1.17 bits per heavy atom. The summed E-state index contributed by atoms with van der Waals surface area (Å²) in [5.74, 6) is 1.14. The summed E-state index contributed by atoms with van der Waals surface area (Å²) < 4.78 is 41.8. The van der Waals surface area contributed by atoms with Gasteiger partial charge in [-0.15, -0.1) is 13.2 Å². The minimum atomic E-state index is -4.73. The van der Waals surface area contributed by atoms with Gasteiger partial charge in [-0.25, -0.2) is 9.67 Å². The maximum Gasteiger partial charge on any atom is 0.573 e. The van der Waals surface area contributed by atoms with Crippen LogP contribution in [0.1, 0.15) is 37.2 Å². The van der Waals surface area contributed by atoms with Crippen LogP contribution in [0.5, 0.6) is 5.75 Å². The normalized spacial score (nSPS) is 13.1. The van der Waals surface area contributed by atoms with Crippen molar-refractivity contribution in [3.8, 4) is 5.75 Å². The molecule has 5 nitrogen and oxygen atoms in total. The van der Waals surface area contributed by atoms with Crippen LogP contribution in [-0.2, 0) is 19.4 Å². The number of hydrogen-bond acceptors (Lipinski definition) is 4. The zero-order valence-corrected chi connectivity index (χ0v) is 12.8. The molecule has 0 aliphatic rings. The zero-order valence-electron chi connectivity index (χ0n) is 12.8. The average Bonchev–Trinajstić information content (AvgIpc) is 2.88. The Kier molecular flexibility index (Phi) is 5.25. The molecule has 0 fully saturated rings. The van der Waals surface area contributed by atoms with Gasteiger partial charge in [-0.1, -0.05) is 26.0 Å². The van der Waals surface area contributed by atoms with Crippen molar-refractivity contribution >= 4 is 0 Å². The molecule has 0 aliphatic heterocycles. The van der Waals surface area contributed by atoms with Crippen LogP contribution >= 0.6 is 0 Å². The lowest BCUT2D eigenvalue weighted by molar-refractivity contribution is -0.274. The predicted molar refractivity (Wildman–Crippen MR) is 76.9 cm³/mol. The molecule has 0 aliphatic carbocycles. The number of nitrogens with zero attached hydrogens (tertiary/aromatic N) is 3. The Morgan fingerprint density at radius 3 is 2.35 bits per heavy atom. The highest BCUT2D eigenvalue weighted by atomic mass is 19.4. The Balaban J connectivity index is 2.08. The van der Waals surface area contributed by atoms with Crippen molar-refractivity contribution < 1.29 is 23.0 Å². The number of aliphatic hydroxyl groups is 1. The van der Waals surface area contributed by atoms with Crippen LogP contribution in [0.2, 0.25) is 0 Å². The van der Waals surface area contributed by atoms with Crippen molar-refractivity contribution in [1.29, 1.82) is 0 Å². The highest BCUT2D eigenvalue weighted by molar-refractivity contribution is 5.28. The molecule has 0 bridgehead atoms. The van der Waals surface area contributed by atoms with Crippen molar-refractivity contribution in [2.45, 2.75) is 45.7 Å². The fraction of sp³-hybridized carbons (Fsp3) is 0.467. The molecule has 23 heavy (non-hydrogen) atoms. The van der Waals surface area contributed by atoms with E-state index in [9.17, 15) is 18.3 Å². The minimum absolute atomic E-state index is 0.190. The van der Waals surface area contributed by atoms with E-state index >= 15 is 0 Å². The van der Waals surface area contributed by atoms with Gasteiger partial charge in [0.2, 0.25) is 0 Å². The Bertz CT molecular complexity index is 638. The SMILES string of the molecule is CCc1nc(CC)n(CC(O)c2ccc(OC(F)(F)F)cc2)n1. The zero-order chi connectivity index (χ0) is 17.0. The summed E-state index contributed by atoms with van der Waals surface area (Å²) in [6.45, 7) is 4.07. The monoisotopic (exact) mass is 329 g/mol. The summed E-state index contributed by atoms with van der Waals surface area (Å²) >= 11 is 0. The Labute approximate surface area is 131 Å². The van der Waals surface area contributed by atoms with E-state index < -0.39 is 12.5 Å². The van der Waals surface area contributed by atoms with E-state index in [0.717, 1.165) is 5.82 Å². The average molecular weight is 329 g/mol. The summed E-state index contributed by atoms with van der Waals surface area (Å²) in [4.78, 5) is 4.34. The quantitative estimate of drug-likeness (QED) is 0.885. The summed E-state index contributed by atoms with van der Waals surface area (Å²) in [7, 11) is 0. The second-order valence-corrected chi connectivity index (χ2v) is 4.97. The lowest BCUT2D eigenvalue weighted by Gasteiger charge is -2.14. The Hall–Kier alpha value is -2.09. The van der Waals surface area contributed by atoms with Crippen LogP contribution in [0.25, 0.3) is 0 Å². The van der Waals surface area contributed by atoms with Gasteiger partial charge in [0, 0.05) is 12.8 Å². The van der Waals surface area contributed by atoms with E-state index in [1.807, 2.05) is 13.8 Å². The first-order chi connectivity index (χ1) is 10.8. The molecule has 2 rings (SSSR count). The molecule has 1 atom stereocenters. The van der Waals surface area contributed by atoms with Crippen LogP contribution in [0.15, 0.2) is 24.3 Å². The van der Waals surface area contributed by atoms with Gasteiger partial charge in [0.15, 0.2) is 5.82 Å². The fourth-order valence-electron chi connectivity index (χ4n) is 2.14. The third kappa shape index (κ3) is 4.69. The number of ether oxygens (including phenoxy) is 1. The van der Waals surface area contributed by atoms with Crippen LogP contribution < -0.4 is 4.74 Å². The largest absolute Gasteiger partial charge is 0.573 e. The number of aliphatic hydroxyl groups excluding tert-OH is 1. The van der Waals surface area contributed by atoms with E-state index in [1.54, 1.807) is 4.68 Å². The van der Waals surface area contributed by atoms with Crippen LogP contribution in [0.3, 0.4) is 0 Å². The van der Waals surface area contributed by atoms with Gasteiger partial charge in [0.25, 0.3) is 0 Å². The molecule has 0 radical (unpaired) electrons. The molecule has 1 N–H and O–H groups in total. The smallest absolute Gasteiger partial charge is 0.406 e. The van der Waals surface area contributed by atoms with Gasteiger partial charge in [-0.05, 0) is 17.7 Å². The number of halogens is 3. The fourth-order valence-corrected chi connectivity index (χ4v) is 2.14. The van der Waals surface area contributed by atoms with E-state index in [4.69, 9.17) is 0 Å². The maximum atomic E-state index is 12.1. The number of alkyl halides is 3. The summed E-state index contributed by atoms with van der Waals surface area (Å²) in [5.41, 5.74) is 0.482. The van der Waals surface area contributed by atoms with Gasteiger partial charge in [0.1, 0.15) is 11.6 Å². The van der Waals surface area contributed by atoms with Gasteiger partial charge >= 0.3 is 6.36 Å². The van der Waals surface area contributed by atoms with Crippen LogP contribution in [0, 0.1) is 0 Å². The molecular formula is C15H18F3N3O2. The van der Waals surface area contributed by atoms with Gasteiger partial charge in [-0.3, -0.25) is 0 Å². The highest BCUT2D eigenvalue weighted by Gasteiger charge is 2.31. The molecule has 0 saturated heterocycles. The molecule has 8 heteroatoms. The lowest BCUT2D eigenvalue weighted by Crippen LogP contribution is -2.17. The minimum Gasteiger partial charge on any atom is -0.406 e. The van der Waals surface area contributed by atoms with Crippen molar-refractivity contribution in [3.05, 3.63) is 41.5 Å². The number of aryl methyl sites for hydroxylation is 2. The second-order valence-electron chi connectivity index (χ2n) is 4.97. The van der Waals surface area contributed by atoms with Crippen molar-refractivity contribution in [3.63, 3.8) is 0 Å². The third-order valence-electron chi connectivity index (χ3n) is 3.27. The van der Waals surface area contributed by atoms with E-state index in [1.165, 1.54) is 24.3 Å². The van der Waals surface area contributed by atoms with Gasteiger partial charge in [0.05, 0.1) is 12.6 Å². The number of rotatable bonds is 6. The molecule has 2 aromatic rings. The molecule has 1 unspecified atom stereocenters. The van der Waals surface area contributed by atoms with E-state index in [2.05, 4.69) is 14.8 Å². The first-order valence-corrected chi connectivity index (χ1v) is 7.28. The molecule has 126 valence electrons. The first-order valence-electron chi connectivity index (χ1n) is 7.28. The first kappa shape index (κ1) is 17.3. The molecule has 1 aromatic carbocycles. The van der Waals surface area contributed by atoms with E-state index in [-0.39, 0.29) is 12.3 Å². The number of aromatic nitrogens is 3.